The van der Waals surface area contributed by atoms with Crippen LogP contribution < -0.4 is 11.1 Å². The van der Waals surface area contributed by atoms with Gasteiger partial charge in [0.1, 0.15) is 0 Å². The minimum Gasteiger partial charge on any atom is -0.397 e. The predicted molar refractivity (Wildman–Crippen MR) is 78.3 cm³/mol. The minimum absolute atomic E-state index is 0.214. The molecule has 0 aromatic carbocycles. The van der Waals surface area contributed by atoms with Crippen LogP contribution >= 0.6 is 27.5 Å². The first-order valence-electron chi connectivity index (χ1n) is 5.32. The van der Waals surface area contributed by atoms with Crippen molar-refractivity contribution in [3.63, 3.8) is 0 Å². The Morgan fingerprint density at radius 2 is 2.11 bits per heavy atom. The van der Waals surface area contributed by atoms with Gasteiger partial charge in [0, 0.05) is 10.7 Å². The summed E-state index contributed by atoms with van der Waals surface area (Å²) >= 11 is 9.18. The highest BCUT2D eigenvalue weighted by atomic mass is 79.9. The summed E-state index contributed by atoms with van der Waals surface area (Å²) in [7, 11) is 0. The number of pyridine rings is 2. The van der Waals surface area contributed by atoms with E-state index in [0.29, 0.717) is 22.6 Å². The fourth-order valence-corrected chi connectivity index (χ4v) is 1.96. The fraction of sp³-hybridized carbons (Fsp3) is 0.0833. The maximum atomic E-state index is 12.1. The standard InChI is InChI=1S/C12H10BrClN4O/c1-6-9(3-8(15)5-16-6)12(19)18-10-2-7(13)4-17-11(10)14/h2-5H,15H2,1H3,(H,18,19). The van der Waals surface area contributed by atoms with Crippen molar-refractivity contribution in [2.45, 2.75) is 6.92 Å². The van der Waals surface area contributed by atoms with Gasteiger partial charge in [-0.3, -0.25) is 9.78 Å². The molecule has 0 aliphatic rings. The third-order valence-electron chi connectivity index (χ3n) is 2.41. The zero-order valence-corrected chi connectivity index (χ0v) is 12.3. The first-order chi connectivity index (χ1) is 8.97. The van der Waals surface area contributed by atoms with E-state index < -0.39 is 0 Å². The molecule has 0 aliphatic heterocycles. The molecule has 98 valence electrons. The summed E-state index contributed by atoms with van der Waals surface area (Å²) in [5, 5.41) is 2.89. The van der Waals surface area contributed by atoms with Crippen molar-refractivity contribution >= 4 is 44.8 Å². The van der Waals surface area contributed by atoms with Crippen molar-refractivity contribution < 1.29 is 4.79 Å². The second-order valence-corrected chi connectivity index (χ2v) is 5.12. The maximum Gasteiger partial charge on any atom is 0.257 e. The zero-order chi connectivity index (χ0) is 14.0. The molecular formula is C12H10BrClN4O. The third-order valence-corrected chi connectivity index (χ3v) is 3.14. The van der Waals surface area contributed by atoms with Gasteiger partial charge in [-0.25, -0.2) is 4.98 Å². The second-order valence-electron chi connectivity index (χ2n) is 3.85. The molecule has 5 nitrogen and oxygen atoms in total. The molecule has 0 saturated heterocycles. The van der Waals surface area contributed by atoms with Crippen LogP contribution in [0.3, 0.4) is 0 Å². The average Bonchev–Trinajstić information content (AvgIpc) is 2.36. The van der Waals surface area contributed by atoms with E-state index in [4.69, 9.17) is 17.3 Å². The number of amides is 1. The van der Waals surface area contributed by atoms with Crippen LogP contribution in [0.5, 0.6) is 0 Å². The number of rotatable bonds is 2. The SMILES string of the molecule is Cc1ncc(N)cc1C(=O)Nc1cc(Br)cnc1Cl. The number of carbonyl (C=O) groups excluding carboxylic acids is 1. The molecule has 0 saturated carbocycles. The second kappa shape index (κ2) is 5.54. The summed E-state index contributed by atoms with van der Waals surface area (Å²) in [4.78, 5) is 20.1. The first-order valence-corrected chi connectivity index (χ1v) is 6.49. The Hall–Kier alpha value is -1.66. The van der Waals surface area contributed by atoms with Gasteiger partial charge >= 0.3 is 0 Å². The number of aryl methyl sites for hydroxylation is 1. The van der Waals surface area contributed by atoms with Crippen LogP contribution in [0.1, 0.15) is 16.1 Å². The Bertz CT molecular complexity index is 648. The molecule has 0 atom stereocenters. The van der Waals surface area contributed by atoms with E-state index in [2.05, 4.69) is 31.2 Å². The Kier molecular flexibility index (Phi) is 4.01. The van der Waals surface area contributed by atoms with Gasteiger partial charge in [-0.2, -0.15) is 0 Å². The van der Waals surface area contributed by atoms with Gasteiger partial charge in [0.25, 0.3) is 5.91 Å². The lowest BCUT2D eigenvalue weighted by atomic mass is 10.2. The molecule has 2 rings (SSSR count). The van der Waals surface area contributed by atoms with Crippen LogP contribution in [-0.2, 0) is 0 Å². The van der Waals surface area contributed by atoms with Gasteiger partial charge < -0.3 is 11.1 Å². The van der Waals surface area contributed by atoms with Crippen LogP contribution in [0.15, 0.2) is 29.0 Å². The Balaban J connectivity index is 2.30. The molecule has 0 unspecified atom stereocenters. The zero-order valence-electron chi connectivity index (χ0n) is 9.95. The lowest BCUT2D eigenvalue weighted by molar-refractivity contribution is 0.102. The molecule has 3 N–H and O–H groups in total. The summed E-state index contributed by atoms with van der Waals surface area (Å²) in [6.45, 7) is 1.73. The lowest BCUT2D eigenvalue weighted by Crippen LogP contribution is -2.15. The average molecular weight is 342 g/mol. The number of nitrogens with two attached hydrogens (primary N) is 1. The molecule has 0 spiro atoms. The first kappa shape index (κ1) is 13.8. The number of aromatic nitrogens is 2. The van der Waals surface area contributed by atoms with Crippen LogP contribution in [0.4, 0.5) is 11.4 Å². The molecule has 1 amide bonds. The third kappa shape index (κ3) is 3.21. The summed E-state index contributed by atoms with van der Waals surface area (Å²) in [6.07, 6.45) is 3.05. The molecule has 2 heterocycles. The van der Waals surface area contributed by atoms with Crippen molar-refractivity contribution in [1.29, 1.82) is 0 Å². The number of nitrogens with one attached hydrogen (secondary N) is 1. The van der Waals surface area contributed by atoms with Gasteiger partial charge in [-0.05, 0) is 35.0 Å². The molecule has 2 aromatic rings. The van der Waals surface area contributed by atoms with Crippen molar-refractivity contribution in [3.05, 3.63) is 45.4 Å². The molecule has 0 bridgehead atoms. The predicted octanol–water partition coefficient (Wildman–Crippen LogP) is 3.04. The van der Waals surface area contributed by atoms with Crippen molar-refractivity contribution in [3.8, 4) is 0 Å². The Labute approximate surface area is 123 Å². The Morgan fingerprint density at radius 3 is 2.84 bits per heavy atom. The number of nitrogens with zero attached hydrogens (tertiary/aromatic N) is 2. The number of nitrogen functional groups attached to an aromatic ring is 1. The van der Waals surface area contributed by atoms with Crippen molar-refractivity contribution in [1.82, 2.24) is 9.97 Å². The number of hydrogen-bond donors (Lipinski definition) is 2. The number of carbonyl (C=O) groups is 1. The highest BCUT2D eigenvalue weighted by Gasteiger charge is 2.13. The summed E-state index contributed by atoms with van der Waals surface area (Å²) in [5.41, 5.74) is 7.46. The van der Waals surface area contributed by atoms with E-state index in [1.54, 1.807) is 25.3 Å². The fourth-order valence-electron chi connectivity index (χ4n) is 1.48. The molecule has 2 aromatic heterocycles. The van der Waals surface area contributed by atoms with E-state index in [1.807, 2.05) is 0 Å². The van der Waals surface area contributed by atoms with E-state index in [-0.39, 0.29) is 11.1 Å². The number of hydrogen-bond acceptors (Lipinski definition) is 4. The van der Waals surface area contributed by atoms with Crippen molar-refractivity contribution in [2.24, 2.45) is 0 Å². The van der Waals surface area contributed by atoms with Gasteiger partial charge in [0.05, 0.1) is 28.8 Å². The van der Waals surface area contributed by atoms with E-state index >= 15 is 0 Å². The molecular weight excluding hydrogens is 332 g/mol. The topological polar surface area (TPSA) is 80.9 Å². The van der Waals surface area contributed by atoms with Gasteiger partial charge in [0.2, 0.25) is 0 Å². The quantitative estimate of drug-likeness (QED) is 0.823. The van der Waals surface area contributed by atoms with E-state index in [9.17, 15) is 4.79 Å². The lowest BCUT2D eigenvalue weighted by Gasteiger charge is -2.09. The van der Waals surface area contributed by atoms with Crippen LogP contribution in [0.2, 0.25) is 5.15 Å². The van der Waals surface area contributed by atoms with Crippen LogP contribution in [0.25, 0.3) is 0 Å². The molecule has 0 aliphatic carbocycles. The molecule has 19 heavy (non-hydrogen) atoms. The highest BCUT2D eigenvalue weighted by Crippen LogP contribution is 2.24. The smallest absolute Gasteiger partial charge is 0.257 e. The summed E-state index contributed by atoms with van der Waals surface area (Å²) in [5.74, 6) is -0.334. The summed E-state index contributed by atoms with van der Waals surface area (Å²) in [6, 6.07) is 3.24. The molecule has 7 heteroatoms. The van der Waals surface area contributed by atoms with Gasteiger partial charge in [-0.15, -0.1) is 0 Å². The monoisotopic (exact) mass is 340 g/mol. The molecule has 0 radical (unpaired) electrons. The number of halogens is 2. The van der Waals surface area contributed by atoms with Crippen LogP contribution in [-0.4, -0.2) is 15.9 Å². The number of anilines is 2. The maximum absolute atomic E-state index is 12.1. The summed E-state index contributed by atoms with van der Waals surface area (Å²) < 4.78 is 0.717. The van der Waals surface area contributed by atoms with Gasteiger partial charge in [-0.1, -0.05) is 11.6 Å². The largest absolute Gasteiger partial charge is 0.397 e. The minimum atomic E-state index is -0.334. The molecule has 0 fully saturated rings. The van der Waals surface area contributed by atoms with Crippen LogP contribution in [0, 0.1) is 6.92 Å². The van der Waals surface area contributed by atoms with Gasteiger partial charge in [0.15, 0.2) is 5.15 Å². The van der Waals surface area contributed by atoms with E-state index in [1.165, 1.54) is 6.20 Å². The Morgan fingerprint density at radius 1 is 1.37 bits per heavy atom. The highest BCUT2D eigenvalue weighted by molar-refractivity contribution is 9.10. The van der Waals surface area contributed by atoms with E-state index in [0.717, 1.165) is 4.47 Å². The van der Waals surface area contributed by atoms with Crippen molar-refractivity contribution in [2.75, 3.05) is 11.1 Å². The normalized spacial score (nSPS) is 10.3.